The molecule has 0 aliphatic rings. The van der Waals surface area contributed by atoms with Gasteiger partial charge in [-0.25, -0.2) is 17.9 Å². The van der Waals surface area contributed by atoms with Gasteiger partial charge in [0.2, 0.25) is 10.0 Å². The largest absolute Gasteiger partial charge is 0.478 e. The van der Waals surface area contributed by atoms with Gasteiger partial charge in [-0.2, -0.15) is 5.10 Å². The third-order valence-electron chi connectivity index (χ3n) is 3.40. The van der Waals surface area contributed by atoms with E-state index in [0.29, 0.717) is 12.1 Å². The summed E-state index contributed by atoms with van der Waals surface area (Å²) in [5.74, 6) is -1.12. The second-order valence-electron chi connectivity index (χ2n) is 5.47. The Balaban J connectivity index is 2.09. The monoisotopic (exact) mass is 337 g/mol. The third kappa shape index (κ3) is 4.40. The van der Waals surface area contributed by atoms with Crippen molar-refractivity contribution in [3.05, 3.63) is 47.8 Å². The zero-order valence-electron chi connectivity index (χ0n) is 12.9. The SMILES string of the molecule is Cc1ccc(C(=O)O)cc1S(=O)(=O)NCC(C)Cn1cccn1. The molecule has 8 heteroatoms. The molecule has 0 saturated carbocycles. The summed E-state index contributed by atoms with van der Waals surface area (Å²) < 4.78 is 29.1. The number of hydrogen-bond acceptors (Lipinski definition) is 4. The molecule has 0 bridgehead atoms. The summed E-state index contributed by atoms with van der Waals surface area (Å²) in [7, 11) is -3.76. The Bertz CT molecular complexity index is 785. The Labute approximate surface area is 135 Å². The van der Waals surface area contributed by atoms with E-state index in [1.54, 1.807) is 23.9 Å². The number of aromatic nitrogens is 2. The first-order valence-corrected chi connectivity index (χ1v) is 8.59. The Morgan fingerprint density at radius 1 is 1.43 bits per heavy atom. The zero-order valence-corrected chi connectivity index (χ0v) is 13.7. The van der Waals surface area contributed by atoms with Crippen molar-refractivity contribution in [2.45, 2.75) is 25.3 Å². The average Bonchev–Trinajstić information content (AvgIpc) is 2.98. The molecule has 124 valence electrons. The number of aromatic carboxylic acids is 1. The van der Waals surface area contributed by atoms with E-state index in [-0.39, 0.29) is 22.9 Å². The number of carboxylic acids is 1. The summed E-state index contributed by atoms with van der Waals surface area (Å²) in [5.41, 5.74) is 0.447. The molecule has 1 aromatic carbocycles. The minimum Gasteiger partial charge on any atom is -0.478 e. The lowest BCUT2D eigenvalue weighted by Crippen LogP contribution is -2.30. The van der Waals surface area contributed by atoms with Gasteiger partial charge in [0.15, 0.2) is 0 Å². The van der Waals surface area contributed by atoms with Gasteiger partial charge < -0.3 is 5.11 Å². The van der Waals surface area contributed by atoms with Crippen molar-refractivity contribution >= 4 is 16.0 Å². The maximum atomic E-state index is 12.4. The summed E-state index contributed by atoms with van der Waals surface area (Å²) in [5, 5.41) is 13.1. The van der Waals surface area contributed by atoms with Gasteiger partial charge in [-0.3, -0.25) is 4.68 Å². The molecule has 0 spiro atoms. The molecule has 2 N–H and O–H groups in total. The second-order valence-corrected chi connectivity index (χ2v) is 7.21. The number of rotatable bonds is 7. The fourth-order valence-electron chi connectivity index (χ4n) is 2.14. The summed E-state index contributed by atoms with van der Waals surface area (Å²) in [6.07, 6.45) is 3.48. The number of sulfonamides is 1. The molecule has 1 atom stereocenters. The van der Waals surface area contributed by atoms with Crippen LogP contribution in [0.3, 0.4) is 0 Å². The van der Waals surface area contributed by atoms with Crippen molar-refractivity contribution in [3.8, 4) is 0 Å². The molecular weight excluding hydrogens is 318 g/mol. The van der Waals surface area contributed by atoms with E-state index >= 15 is 0 Å². The molecule has 1 unspecified atom stereocenters. The van der Waals surface area contributed by atoms with E-state index in [2.05, 4.69) is 9.82 Å². The number of carbonyl (C=O) groups is 1. The highest BCUT2D eigenvalue weighted by Gasteiger charge is 2.19. The van der Waals surface area contributed by atoms with Crippen LogP contribution in [0.15, 0.2) is 41.6 Å². The van der Waals surface area contributed by atoms with Crippen LogP contribution >= 0.6 is 0 Å². The summed E-state index contributed by atoms with van der Waals surface area (Å²) in [4.78, 5) is 11.0. The second kappa shape index (κ2) is 6.93. The molecule has 0 amide bonds. The standard InChI is InChI=1S/C15H19N3O4S/c1-11(10-18-7-3-6-16-18)9-17-23(21,22)14-8-13(15(19)20)5-4-12(14)2/h3-8,11,17H,9-10H2,1-2H3,(H,19,20). The normalized spacial score (nSPS) is 13.0. The molecule has 1 heterocycles. The van der Waals surface area contributed by atoms with E-state index in [0.717, 1.165) is 0 Å². The lowest BCUT2D eigenvalue weighted by molar-refractivity contribution is 0.0696. The predicted octanol–water partition coefficient (Wildman–Crippen LogP) is 1.50. The van der Waals surface area contributed by atoms with Gasteiger partial charge in [0.1, 0.15) is 0 Å². The molecule has 7 nitrogen and oxygen atoms in total. The van der Waals surface area contributed by atoms with Gasteiger partial charge in [0.05, 0.1) is 10.5 Å². The van der Waals surface area contributed by atoms with Crippen LogP contribution in [0.5, 0.6) is 0 Å². The van der Waals surface area contributed by atoms with E-state index in [9.17, 15) is 13.2 Å². The maximum absolute atomic E-state index is 12.4. The van der Waals surface area contributed by atoms with Crippen molar-refractivity contribution < 1.29 is 18.3 Å². The first-order chi connectivity index (χ1) is 10.8. The molecule has 0 saturated heterocycles. The van der Waals surface area contributed by atoms with E-state index in [1.807, 2.05) is 13.1 Å². The average molecular weight is 337 g/mol. The summed E-state index contributed by atoms with van der Waals surface area (Å²) in [6, 6.07) is 5.86. The van der Waals surface area contributed by atoms with E-state index in [4.69, 9.17) is 5.11 Å². The van der Waals surface area contributed by atoms with Crippen molar-refractivity contribution in [1.29, 1.82) is 0 Å². The van der Waals surface area contributed by atoms with Crippen molar-refractivity contribution in [2.24, 2.45) is 5.92 Å². The Morgan fingerprint density at radius 3 is 2.78 bits per heavy atom. The highest BCUT2D eigenvalue weighted by molar-refractivity contribution is 7.89. The van der Waals surface area contributed by atoms with Crippen LogP contribution in [-0.2, 0) is 16.6 Å². The van der Waals surface area contributed by atoms with Gasteiger partial charge >= 0.3 is 5.97 Å². The quantitative estimate of drug-likeness (QED) is 0.797. The van der Waals surface area contributed by atoms with Gasteiger partial charge in [0, 0.05) is 25.5 Å². The predicted molar refractivity (Wildman–Crippen MR) is 84.7 cm³/mol. The van der Waals surface area contributed by atoms with Crippen molar-refractivity contribution in [3.63, 3.8) is 0 Å². The molecule has 2 aromatic rings. The minimum absolute atomic E-state index is 0.0105. The Morgan fingerprint density at radius 2 is 2.17 bits per heavy atom. The lowest BCUT2D eigenvalue weighted by Gasteiger charge is -2.14. The first-order valence-electron chi connectivity index (χ1n) is 7.10. The lowest BCUT2D eigenvalue weighted by atomic mass is 10.1. The van der Waals surface area contributed by atoms with Crippen molar-refractivity contribution in [2.75, 3.05) is 6.54 Å². The smallest absolute Gasteiger partial charge is 0.335 e. The molecule has 2 rings (SSSR count). The summed E-state index contributed by atoms with van der Waals surface area (Å²) in [6.45, 7) is 4.36. The number of hydrogen-bond donors (Lipinski definition) is 2. The minimum atomic E-state index is -3.76. The van der Waals surface area contributed by atoms with Crippen LogP contribution in [0, 0.1) is 12.8 Å². The van der Waals surface area contributed by atoms with Gasteiger partial charge in [-0.15, -0.1) is 0 Å². The van der Waals surface area contributed by atoms with Crippen LogP contribution in [0.4, 0.5) is 0 Å². The van der Waals surface area contributed by atoms with Crippen LogP contribution in [0.1, 0.15) is 22.8 Å². The maximum Gasteiger partial charge on any atom is 0.335 e. The van der Waals surface area contributed by atoms with Crippen LogP contribution in [0.25, 0.3) is 0 Å². The van der Waals surface area contributed by atoms with Gasteiger partial charge in [-0.05, 0) is 36.6 Å². The molecule has 0 aliphatic carbocycles. The fraction of sp³-hybridized carbons (Fsp3) is 0.333. The number of aryl methyl sites for hydroxylation is 1. The number of carboxylic acid groups (broad SMARTS) is 1. The molecule has 1 aromatic heterocycles. The highest BCUT2D eigenvalue weighted by atomic mass is 32.2. The van der Waals surface area contributed by atoms with Crippen LogP contribution < -0.4 is 4.72 Å². The molecule has 23 heavy (non-hydrogen) atoms. The third-order valence-corrected chi connectivity index (χ3v) is 4.97. The van der Waals surface area contributed by atoms with Gasteiger partial charge in [-0.1, -0.05) is 13.0 Å². The van der Waals surface area contributed by atoms with Crippen LogP contribution in [-0.4, -0.2) is 35.8 Å². The number of benzene rings is 1. The highest BCUT2D eigenvalue weighted by Crippen LogP contribution is 2.17. The summed E-state index contributed by atoms with van der Waals surface area (Å²) >= 11 is 0. The van der Waals surface area contributed by atoms with Crippen molar-refractivity contribution in [1.82, 2.24) is 14.5 Å². The topological polar surface area (TPSA) is 101 Å². The molecule has 0 aliphatic heterocycles. The van der Waals surface area contributed by atoms with E-state index < -0.39 is 16.0 Å². The number of nitrogens with zero attached hydrogens (tertiary/aromatic N) is 2. The zero-order chi connectivity index (χ0) is 17.0. The molecule has 0 radical (unpaired) electrons. The van der Waals surface area contributed by atoms with E-state index in [1.165, 1.54) is 18.2 Å². The Kier molecular flexibility index (Phi) is 5.17. The molecular formula is C15H19N3O4S. The van der Waals surface area contributed by atoms with Gasteiger partial charge in [0.25, 0.3) is 0 Å². The fourth-order valence-corrected chi connectivity index (χ4v) is 3.58. The van der Waals surface area contributed by atoms with Crippen LogP contribution in [0.2, 0.25) is 0 Å². The molecule has 0 fully saturated rings. The number of nitrogens with one attached hydrogen (secondary N) is 1. The first kappa shape index (κ1) is 17.2. The Hall–Kier alpha value is -2.19.